The van der Waals surface area contributed by atoms with Crippen LogP contribution in [0.15, 0.2) is 54.6 Å². The SMILES string of the molecule is C[C@H]1CN(C[C@H](Cc2ccccc2)C(=O)NCC(=O)[O-])CC[C@@]1(C)c1cccc([O-])c1.[Mg+2]. The van der Waals surface area contributed by atoms with E-state index in [0.717, 1.165) is 30.6 Å². The van der Waals surface area contributed by atoms with Crippen LogP contribution in [0.5, 0.6) is 5.75 Å². The van der Waals surface area contributed by atoms with Crippen molar-refractivity contribution in [2.75, 3.05) is 26.2 Å². The minimum atomic E-state index is -1.30. The Balaban J connectivity index is 0.00000363. The van der Waals surface area contributed by atoms with Crippen LogP contribution in [0.3, 0.4) is 0 Å². The average Bonchev–Trinajstić information content (AvgIpc) is 2.75. The minimum absolute atomic E-state index is 0. The fourth-order valence-electron chi connectivity index (χ4n) is 4.52. The van der Waals surface area contributed by atoms with Crippen molar-refractivity contribution in [2.45, 2.75) is 32.1 Å². The summed E-state index contributed by atoms with van der Waals surface area (Å²) in [7, 11) is 0. The molecular weight excluding hydrogens is 417 g/mol. The van der Waals surface area contributed by atoms with Gasteiger partial charge in [-0.25, -0.2) is 0 Å². The maximum absolute atomic E-state index is 12.7. The summed E-state index contributed by atoms with van der Waals surface area (Å²) in [6, 6.07) is 16.9. The van der Waals surface area contributed by atoms with E-state index >= 15 is 0 Å². The number of rotatable bonds is 8. The third kappa shape index (κ3) is 6.70. The number of carboxylic acids is 1. The van der Waals surface area contributed by atoms with Gasteiger partial charge in [0.05, 0.1) is 18.4 Å². The molecule has 1 N–H and O–H groups in total. The molecule has 1 amide bonds. The van der Waals surface area contributed by atoms with Crippen molar-refractivity contribution in [3.05, 3.63) is 65.7 Å². The molecule has 0 unspecified atom stereocenters. The van der Waals surface area contributed by atoms with Gasteiger partial charge in [0.15, 0.2) is 0 Å². The van der Waals surface area contributed by atoms with Gasteiger partial charge in [-0.1, -0.05) is 68.4 Å². The van der Waals surface area contributed by atoms with E-state index in [9.17, 15) is 19.8 Å². The van der Waals surface area contributed by atoms with Crippen molar-refractivity contribution >= 4 is 34.9 Å². The standard InChI is InChI=1S/C25H32N2O4.Mg/c1-18-16-27(12-11-25(18,2)21-9-6-10-22(28)14-21)17-20(24(31)26-15-23(29)30)13-19-7-4-3-5-8-19;/h3-10,14,18,20,28H,11-13,15-17H2,1-2H3,(H,26,31)(H,29,30);/q;+2/p-2/t18-,20-,25+;/m0./s1. The van der Waals surface area contributed by atoms with Crippen molar-refractivity contribution in [2.24, 2.45) is 11.8 Å². The van der Waals surface area contributed by atoms with Crippen molar-refractivity contribution in [1.82, 2.24) is 10.2 Å². The van der Waals surface area contributed by atoms with Gasteiger partial charge in [0.25, 0.3) is 0 Å². The number of likely N-dealkylation sites (tertiary alicyclic amines) is 1. The summed E-state index contributed by atoms with van der Waals surface area (Å²) in [5, 5.41) is 25.1. The smallest absolute Gasteiger partial charge is 0.872 e. The van der Waals surface area contributed by atoms with Crippen LogP contribution in [0.25, 0.3) is 0 Å². The average molecular weight is 447 g/mol. The maximum atomic E-state index is 12.7. The first-order valence-electron chi connectivity index (χ1n) is 10.8. The second-order valence-electron chi connectivity index (χ2n) is 8.83. The van der Waals surface area contributed by atoms with Crippen LogP contribution in [0.1, 0.15) is 31.4 Å². The molecule has 1 fully saturated rings. The molecule has 2 aromatic carbocycles. The molecule has 1 heterocycles. The van der Waals surface area contributed by atoms with Gasteiger partial charge in [-0.15, -0.1) is 5.75 Å². The van der Waals surface area contributed by atoms with Crippen LogP contribution < -0.4 is 15.5 Å². The molecule has 0 aromatic heterocycles. The Hall–Kier alpha value is -2.09. The first kappa shape index (κ1) is 26.2. The first-order chi connectivity index (χ1) is 14.8. The van der Waals surface area contributed by atoms with E-state index in [-0.39, 0.29) is 46.0 Å². The van der Waals surface area contributed by atoms with Gasteiger partial charge in [-0.05, 0) is 41.8 Å². The Morgan fingerprint density at radius 1 is 1.19 bits per heavy atom. The second-order valence-corrected chi connectivity index (χ2v) is 8.83. The van der Waals surface area contributed by atoms with Gasteiger partial charge in [0, 0.05) is 13.1 Å². The van der Waals surface area contributed by atoms with Gasteiger partial charge < -0.3 is 25.2 Å². The second kappa shape index (κ2) is 11.7. The van der Waals surface area contributed by atoms with Crippen LogP contribution in [0, 0.1) is 11.8 Å². The Kier molecular flexibility index (Phi) is 9.55. The molecule has 3 rings (SSSR count). The van der Waals surface area contributed by atoms with Gasteiger partial charge >= 0.3 is 23.1 Å². The number of benzene rings is 2. The van der Waals surface area contributed by atoms with Crippen molar-refractivity contribution in [3.63, 3.8) is 0 Å². The number of nitrogens with zero attached hydrogens (tertiary/aromatic N) is 1. The number of carboxylic acid groups (broad SMARTS) is 1. The molecule has 166 valence electrons. The quantitative estimate of drug-likeness (QED) is 0.602. The number of carbonyl (C=O) groups excluding carboxylic acids is 2. The van der Waals surface area contributed by atoms with Crippen LogP contribution in [-0.2, 0) is 21.4 Å². The van der Waals surface area contributed by atoms with E-state index < -0.39 is 12.5 Å². The van der Waals surface area contributed by atoms with Gasteiger partial charge in [0.2, 0.25) is 5.91 Å². The van der Waals surface area contributed by atoms with E-state index in [1.807, 2.05) is 42.5 Å². The molecule has 1 saturated heterocycles. The summed E-state index contributed by atoms with van der Waals surface area (Å²) in [5.74, 6) is -1.60. The number of aliphatic carboxylic acids is 1. The Bertz CT molecular complexity index is 908. The molecule has 7 heteroatoms. The Morgan fingerprint density at radius 3 is 2.53 bits per heavy atom. The Morgan fingerprint density at radius 2 is 1.91 bits per heavy atom. The zero-order valence-corrected chi connectivity index (χ0v) is 20.3. The van der Waals surface area contributed by atoms with Crippen molar-refractivity contribution in [1.29, 1.82) is 0 Å². The van der Waals surface area contributed by atoms with Gasteiger partial charge in [0.1, 0.15) is 0 Å². The summed E-state index contributed by atoms with van der Waals surface area (Å²) in [4.78, 5) is 25.8. The molecule has 6 nitrogen and oxygen atoms in total. The predicted molar refractivity (Wildman–Crippen MR) is 121 cm³/mol. The normalized spacial score (nSPS) is 21.9. The molecule has 1 aliphatic heterocycles. The Labute approximate surface area is 206 Å². The number of carbonyl (C=O) groups is 2. The zero-order valence-electron chi connectivity index (χ0n) is 18.9. The van der Waals surface area contributed by atoms with Crippen LogP contribution in [0.4, 0.5) is 0 Å². The summed E-state index contributed by atoms with van der Waals surface area (Å²) in [6.07, 6.45) is 1.43. The summed E-state index contributed by atoms with van der Waals surface area (Å²) >= 11 is 0. The van der Waals surface area contributed by atoms with E-state index in [1.54, 1.807) is 12.1 Å². The summed E-state index contributed by atoms with van der Waals surface area (Å²) < 4.78 is 0. The third-order valence-electron chi connectivity index (χ3n) is 6.64. The molecule has 0 radical (unpaired) electrons. The molecule has 0 saturated carbocycles. The molecule has 0 aliphatic carbocycles. The summed E-state index contributed by atoms with van der Waals surface area (Å²) in [6.45, 7) is 6.07. The fraction of sp³-hybridized carbons (Fsp3) is 0.440. The number of amides is 1. The van der Waals surface area contributed by atoms with Crippen LogP contribution in [-0.4, -0.2) is 66.0 Å². The van der Waals surface area contributed by atoms with Crippen LogP contribution in [0.2, 0.25) is 0 Å². The minimum Gasteiger partial charge on any atom is -0.872 e. The molecule has 0 bridgehead atoms. The molecular formula is C25H30MgN2O4. The third-order valence-corrected chi connectivity index (χ3v) is 6.64. The molecule has 32 heavy (non-hydrogen) atoms. The number of hydrogen-bond donors (Lipinski definition) is 1. The zero-order chi connectivity index (χ0) is 22.4. The van der Waals surface area contributed by atoms with Gasteiger partial charge in [-0.2, -0.15) is 0 Å². The molecule has 2 aromatic rings. The maximum Gasteiger partial charge on any atom is 2.00 e. The first-order valence-corrected chi connectivity index (χ1v) is 10.8. The van der Waals surface area contributed by atoms with E-state index in [1.165, 1.54) is 0 Å². The van der Waals surface area contributed by atoms with E-state index in [4.69, 9.17) is 0 Å². The molecule has 3 atom stereocenters. The monoisotopic (exact) mass is 446 g/mol. The van der Waals surface area contributed by atoms with Crippen molar-refractivity contribution in [3.8, 4) is 5.75 Å². The number of piperidine rings is 1. The topological polar surface area (TPSA) is 95.5 Å². The molecule has 0 spiro atoms. The molecule has 1 aliphatic rings. The van der Waals surface area contributed by atoms with Crippen molar-refractivity contribution < 1.29 is 19.8 Å². The predicted octanol–water partition coefficient (Wildman–Crippen LogP) is 0.704. The van der Waals surface area contributed by atoms with Gasteiger partial charge in [-0.3, -0.25) is 4.79 Å². The van der Waals surface area contributed by atoms with E-state index in [2.05, 4.69) is 24.1 Å². The fourth-order valence-corrected chi connectivity index (χ4v) is 4.52. The number of hydrogen-bond acceptors (Lipinski definition) is 5. The largest absolute Gasteiger partial charge is 2.00 e. The number of nitrogens with one attached hydrogen (secondary N) is 1. The van der Waals surface area contributed by atoms with E-state index in [0.29, 0.717) is 18.9 Å². The van der Waals surface area contributed by atoms with Crippen LogP contribution >= 0.6 is 0 Å². The summed E-state index contributed by atoms with van der Waals surface area (Å²) in [5.41, 5.74) is 2.02.